The van der Waals surface area contributed by atoms with Crippen LogP contribution in [0.3, 0.4) is 0 Å². The molecule has 21 heavy (non-hydrogen) atoms. The van der Waals surface area contributed by atoms with Gasteiger partial charge in [0.1, 0.15) is 0 Å². The molecule has 0 unspecified atom stereocenters. The van der Waals surface area contributed by atoms with Gasteiger partial charge < -0.3 is 15.8 Å². The Hall–Kier alpha value is -1.39. The van der Waals surface area contributed by atoms with Crippen molar-refractivity contribution >= 4 is 5.91 Å². The first kappa shape index (κ1) is 14.5. The maximum absolute atomic E-state index is 11.8. The van der Waals surface area contributed by atoms with Crippen LogP contribution >= 0.6 is 0 Å². The number of carbonyl (C=O) groups excluding carboxylic acids is 1. The Morgan fingerprint density at radius 1 is 1.24 bits per heavy atom. The van der Waals surface area contributed by atoms with E-state index in [1.807, 2.05) is 0 Å². The van der Waals surface area contributed by atoms with Crippen molar-refractivity contribution in [3.8, 4) is 0 Å². The molecule has 1 aliphatic carbocycles. The van der Waals surface area contributed by atoms with Gasteiger partial charge >= 0.3 is 0 Å². The van der Waals surface area contributed by atoms with Gasteiger partial charge in [0.15, 0.2) is 0 Å². The monoisotopic (exact) mass is 288 g/mol. The lowest BCUT2D eigenvalue weighted by Gasteiger charge is -2.40. The Labute approximate surface area is 126 Å². The van der Waals surface area contributed by atoms with Crippen LogP contribution in [0, 0.1) is 5.41 Å². The minimum Gasteiger partial charge on any atom is -0.381 e. The van der Waals surface area contributed by atoms with E-state index >= 15 is 0 Å². The molecule has 1 saturated heterocycles. The fourth-order valence-electron chi connectivity index (χ4n) is 3.39. The number of carbonyl (C=O) groups is 1. The first-order chi connectivity index (χ1) is 10.2. The molecule has 2 aliphatic rings. The van der Waals surface area contributed by atoms with Crippen molar-refractivity contribution in [3.05, 3.63) is 35.9 Å². The normalized spacial score (nSPS) is 27.8. The Bertz CT molecular complexity index is 477. The number of nitrogens with one attached hydrogen (secondary N) is 1. The molecule has 4 nitrogen and oxygen atoms in total. The summed E-state index contributed by atoms with van der Waals surface area (Å²) < 4.78 is 5.36. The maximum atomic E-state index is 11.8. The smallest absolute Gasteiger partial charge is 0.225 e. The topological polar surface area (TPSA) is 64.4 Å². The maximum Gasteiger partial charge on any atom is 0.225 e. The van der Waals surface area contributed by atoms with Gasteiger partial charge in [-0.05, 0) is 37.2 Å². The molecule has 0 radical (unpaired) electrons. The van der Waals surface area contributed by atoms with Crippen LogP contribution in [0.2, 0.25) is 0 Å². The van der Waals surface area contributed by atoms with E-state index < -0.39 is 5.41 Å². The molecule has 0 bridgehead atoms. The third-order valence-corrected chi connectivity index (χ3v) is 5.11. The van der Waals surface area contributed by atoms with Crippen LogP contribution in [0.15, 0.2) is 30.3 Å². The summed E-state index contributed by atoms with van der Waals surface area (Å²) in [5.74, 6) is 0.472. The number of hydrogen-bond donors (Lipinski definition) is 2. The van der Waals surface area contributed by atoms with Gasteiger partial charge in [0.2, 0.25) is 5.91 Å². The SMILES string of the molecule is NC(=O)C1(CNC2CC(c3ccccc3)C2)CCOCC1. The summed E-state index contributed by atoms with van der Waals surface area (Å²) in [7, 11) is 0. The number of nitrogens with two attached hydrogens (primary N) is 1. The van der Waals surface area contributed by atoms with E-state index in [0.29, 0.717) is 31.7 Å². The van der Waals surface area contributed by atoms with E-state index in [2.05, 4.69) is 35.6 Å². The van der Waals surface area contributed by atoms with Crippen molar-refractivity contribution in [2.24, 2.45) is 11.1 Å². The summed E-state index contributed by atoms with van der Waals surface area (Å²) in [6.07, 6.45) is 3.78. The lowest BCUT2D eigenvalue weighted by molar-refractivity contribution is -0.133. The molecule has 1 saturated carbocycles. The minimum absolute atomic E-state index is 0.183. The molecule has 1 heterocycles. The predicted molar refractivity (Wildman–Crippen MR) is 81.9 cm³/mol. The Balaban J connectivity index is 1.49. The minimum atomic E-state index is -0.407. The summed E-state index contributed by atoms with van der Waals surface area (Å²) in [6.45, 7) is 1.97. The van der Waals surface area contributed by atoms with Crippen LogP contribution < -0.4 is 11.1 Å². The van der Waals surface area contributed by atoms with E-state index in [0.717, 1.165) is 25.7 Å². The number of benzene rings is 1. The van der Waals surface area contributed by atoms with Crippen LogP contribution in [0.25, 0.3) is 0 Å². The molecule has 1 aliphatic heterocycles. The van der Waals surface area contributed by atoms with Crippen molar-refractivity contribution in [2.45, 2.75) is 37.6 Å². The molecule has 1 aromatic carbocycles. The molecule has 4 heteroatoms. The number of rotatable bonds is 5. The fourth-order valence-corrected chi connectivity index (χ4v) is 3.39. The summed E-state index contributed by atoms with van der Waals surface area (Å²) >= 11 is 0. The van der Waals surface area contributed by atoms with Gasteiger partial charge in [0.05, 0.1) is 5.41 Å². The molecule has 0 atom stereocenters. The van der Waals surface area contributed by atoms with Crippen molar-refractivity contribution in [1.29, 1.82) is 0 Å². The lowest BCUT2D eigenvalue weighted by atomic mass is 9.74. The number of hydrogen-bond acceptors (Lipinski definition) is 3. The molecule has 1 aromatic rings. The second-order valence-corrected chi connectivity index (χ2v) is 6.41. The second kappa shape index (κ2) is 6.16. The van der Waals surface area contributed by atoms with Crippen LogP contribution in [-0.2, 0) is 9.53 Å². The third kappa shape index (κ3) is 3.11. The zero-order chi connectivity index (χ0) is 14.7. The molecule has 0 spiro atoms. The number of primary amides is 1. The van der Waals surface area contributed by atoms with Gasteiger partial charge in [-0.15, -0.1) is 0 Å². The van der Waals surface area contributed by atoms with Crippen LogP contribution in [-0.4, -0.2) is 31.7 Å². The summed E-state index contributed by atoms with van der Waals surface area (Å²) in [5, 5.41) is 3.55. The Morgan fingerprint density at radius 3 is 2.52 bits per heavy atom. The van der Waals surface area contributed by atoms with Gasteiger partial charge in [-0.3, -0.25) is 4.79 Å². The van der Waals surface area contributed by atoms with E-state index in [1.54, 1.807) is 0 Å². The first-order valence-electron chi connectivity index (χ1n) is 7.86. The lowest BCUT2D eigenvalue weighted by Crippen LogP contribution is -2.52. The average Bonchev–Trinajstić information content (AvgIpc) is 2.47. The van der Waals surface area contributed by atoms with Crippen molar-refractivity contribution in [3.63, 3.8) is 0 Å². The van der Waals surface area contributed by atoms with Crippen LogP contribution in [0.5, 0.6) is 0 Å². The largest absolute Gasteiger partial charge is 0.381 e. The van der Waals surface area contributed by atoms with E-state index in [1.165, 1.54) is 5.56 Å². The second-order valence-electron chi connectivity index (χ2n) is 6.41. The summed E-state index contributed by atoms with van der Waals surface area (Å²) in [4.78, 5) is 11.8. The highest BCUT2D eigenvalue weighted by molar-refractivity contribution is 5.81. The van der Waals surface area contributed by atoms with Crippen molar-refractivity contribution < 1.29 is 9.53 Å². The highest BCUT2D eigenvalue weighted by atomic mass is 16.5. The summed E-state index contributed by atoms with van der Waals surface area (Å²) in [5.41, 5.74) is 6.65. The fraction of sp³-hybridized carbons (Fsp3) is 0.588. The molecular weight excluding hydrogens is 264 g/mol. The number of amides is 1. The molecule has 1 amide bonds. The van der Waals surface area contributed by atoms with Gasteiger partial charge in [-0.25, -0.2) is 0 Å². The zero-order valence-corrected chi connectivity index (χ0v) is 12.4. The van der Waals surface area contributed by atoms with Gasteiger partial charge in [0.25, 0.3) is 0 Å². The predicted octanol–water partition coefficient (Wildman–Crippen LogP) is 1.80. The zero-order valence-electron chi connectivity index (χ0n) is 12.4. The molecule has 3 rings (SSSR count). The average molecular weight is 288 g/mol. The molecule has 3 N–H and O–H groups in total. The van der Waals surface area contributed by atoms with Gasteiger partial charge in [-0.1, -0.05) is 30.3 Å². The number of ether oxygens (including phenoxy) is 1. The van der Waals surface area contributed by atoms with Crippen molar-refractivity contribution in [1.82, 2.24) is 5.32 Å². The molecule has 114 valence electrons. The van der Waals surface area contributed by atoms with E-state index in [4.69, 9.17) is 10.5 Å². The Kier molecular flexibility index (Phi) is 4.27. The first-order valence-corrected chi connectivity index (χ1v) is 7.86. The Morgan fingerprint density at radius 2 is 1.90 bits per heavy atom. The van der Waals surface area contributed by atoms with E-state index in [9.17, 15) is 4.79 Å². The summed E-state index contributed by atoms with van der Waals surface area (Å²) in [6, 6.07) is 11.2. The van der Waals surface area contributed by atoms with Crippen molar-refractivity contribution in [2.75, 3.05) is 19.8 Å². The van der Waals surface area contributed by atoms with Crippen LogP contribution in [0.1, 0.15) is 37.2 Å². The molecule has 0 aromatic heterocycles. The highest BCUT2D eigenvalue weighted by Gasteiger charge is 2.40. The highest BCUT2D eigenvalue weighted by Crippen LogP contribution is 2.38. The standard InChI is InChI=1S/C17H24N2O2/c18-16(20)17(6-8-21-9-7-17)12-19-15-10-14(11-15)13-4-2-1-3-5-13/h1-5,14-15,19H,6-12H2,(H2,18,20). The quantitative estimate of drug-likeness (QED) is 0.868. The van der Waals surface area contributed by atoms with Gasteiger partial charge in [-0.2, -0.15) is 0 Å². The van der Waals surface area contributed by atoms with Crippen LogP contribution in [0.4, 0.5) is 0 Å². The molecular formula is C17H24N2O2. The molecule has 2 fully saturated rings. The third-order valence-electron chi connectivity index (χ3n) is 5.11. The van der Waals surface area contributed by atoms with E-state index in [-0.39, 0.29) is 5.91 Å². The van der Waals surface area contributed by atoms with Gasteiger partial charge in [0, 0.05) is 25.8 Å².